The maximum absolute atomic E-state index is 13.0. The molecule has 3 heterocycles. The van der Waals surface area contributed by atoms with Gasteiger partial charge in [-0.25, -0.2) is 4.98 Å². The zero-order chi connectivity index (χ0) is 18.2. The normalized spacial score (nSPS) is 19.3. The topological polar surface area (TPSA) is 51.7 Å². The van der Waals surface area contributed by atoms with Crippen LogP contribution in [0.25, 0.3) is 10.2 Å². The minimum Gasteiger partial charge on any atom is -0.486 e. The number of carbonyl (C=O) groups is 1. The summed E-state index contributed by atoms with van der Waals surface area (Å²) in [6.45, 7) is 2.58. The number of nitrogens with zero attached hydrogens (tertiary/aromatic N) is 2. The number of aromatic nitrogens is 1. The van der Waals surface area contributed by atoms with Gasteiger partial charge in [-0.15, -0.1) is 11.3 Å². The van der Waals surface area contributed by atoms with E-state index >= 15 is 0 Å². The van der Waals surface area contributed by atoms with Crippen LogP contribution in [0.4, 0.5) is 0 Å². The summed E-state index contributed by atoms with van der Waals surface area (Å²) in [7, 11) is 0. The van der Waals surface area contributed by atoms with Crippen molar-refractivity contribution in [3.05, 3.63) is 53.0 Å². The minimum absolute atomic E-state index is 0.0535. The molecule has 0 radical (unpaired) electrons. The molecular formula is C21H20N2O3S. The molecule has 0 unspecified atom stereocenters. The van der Waals surface area contributed by atoms with Crippen LogP contribution in [0.5, 0.6) is 11.5 Å². The molecule has 1 aromatic heterocycles. The Labute approximate surface area is 161 Å². The number of ether oxygens (including phenoxy) is 2. The monoisotopic (exact) mass is 380 g/mol. The van der Waals surface area contributed by atoms with Crippen LogP contribution in [0.2, 0.25) is 0 Å². The van der Waals surface area contributed by atoms with E-state index in [-0.39, 0.29) is 5.91 Å². The van der Waals surface area contributed by atoms with Crippen LogP contribution in [0.1, 0.15) is 34.1 Å². The molecule has 0 N–H and O–H groups in total. The first-order valence-corrected chi connectivity index (χ1v) is 10.1. The van der Waals surface area contributed by atoms with Crippen molar-refractivity contribution in [1.82, 2.24) is 9.88 Å². The number of benzene rings is 2. The Hall–Kier alpha value is -2.60. The molecule has 0 saturated carbocycles. The van der Waals surface area contributed by atoms with Crippen LogP contribution >= 0.6 is 11.3 Å². The number of fused-ring (bicyclic) bond motifs is 2. The fraction of sp³-hybridized carbons (Fsp3) is 0.333. The molecular weight excluding hydrogens is 360 g/mol. The van der Waals surface area contributed by atoms with Gasteiger partial charge >= 0.3 is 0 Å². The maximum Gasteiger partial charge on any atom is 0.254 e. The molecule has 0 bridgehead atoms. The van der Waals surface area contributed by atoms with Gasteiger partial charge in [0.05, 0.1) is 15.2 Å². The Morgan fingerprint density at radius 2 is 1.96 bits per heavy atom. The summed E-state index contributed by atoms with van der Waals surface area (Å²) in [5, 5.41) is 1.14. The largest absolute Gasteiger partial charge is 0.486 e. The average Bonchev–Trinajstić information content (AvgIpc) is 3.17. The molecule has 5 rings (SSSR count). The molecule has 0 aliphatic carbocycles. The first kappa shape index (κ1) is 16.6. The van der Waals surface area contributed by atoms with E-state index in [0.717, 1.165) is 29.9 Å². The van der Waals surface area contributed by atoms with Crippen molar-refractivity contribution >= 4 is 27.5 Å². The zero-order valence-electron chi connectivity index (χ0n) is 14.9. The number of likely N-dealkylation sites (tertiary alicyclic amines) is 1. The van der Waals surface area contributed by atoms with Crippen LogP contribution in [0, 0.1) is 0 Å². The molecule has 5 nitrogen and oxygen atoms in total. The predicted molar refractivity (Wildman–Crippen MR) is 105 cm³/mol. The van der Waals surface area contributed by atoms with Crippen LogP contribution in [0.3, 0.4) is 0 Å². The van der Waals surface area contributed by atoms with Crippen molar-refractivity contribution in [3.63, 3.8) is 0 Å². The van der Waals surface area contributed by atoms with E-state index in [1.54, 1.807) is 17.4 Å². The molecule has 1 amide bonds. The third kappa shape index (κ3) is 3.14. The smallest absolute Gasteiger partial charge is 0.254 e. The lowest BCUT2D eigenvalue weighted by molar-refractivity contribution is 0.0706. The molecule has 1 fully saturated rings. The summed E-state index contributed by atoms with van der Waals surface area (Å²) >= 11 is 1.75. The van der Waals surface area contributed by atoms with Gasteiger partial charge in [-0.3, -0.25) is 4.79 Å². The van der Waals surface area contributed by atoms with Crippen molar-refractivity contribution in [2.45, 2.75) is 18.8 Å². The van der Waals surface area contributed by atoms with Gasteiger partial charge < -0.3 is 14.4 Å². The second-order valence-corrected chi connectivity index (χ2v) is 8.03. The lowest BCUT2D eigenvalue weighted by Gasteiger charge is -2.32. The van der Waals surface area contributed by atoms with Gasteiger partial charge in [0, 0.05) is 24.6 Å². The molecule has 0 spiro atoms. The lowest BCUT2D eigenvalue weighted by atomic mass is 9.98. The number of piperidine rings is 1. The summed E-state index contributed by atoms with van der Waals surface area (Å²) < 4.78 is 12.4. The molecule has 27 heavy (non-hydrogen) atoms. The summed E-state index contributed by atoms with van der Waals surface area (Å²) in [6, 6.07) is 13.7. The predicted octanol–water partition coefficient (Wildman–Crippen LogP) is 4.09. The van der Waals surface area contributed by atoms with E-state index in [4.69, 9.17) is 14.5 Å². The number of carbonyl (C=O) groups excluding carboxylic acids is 1. The number of amides is 1. The highest BCUT2D eigenvalue weighted by Crippen LogP contribution is 2.35. The minimum atomic E-state index is 0.0535. The Morgan fingerprint density at radius 1 is 1.11 bits per heavy atom. The molecule has 2 aliphatic rings. The summed E-state index contributed by atoms with van der Waals surface area (Å²) in [5.41, 5.74) is 1.71. The SMILES string of the molecule is O=C(c1ccc2c(c1)OCCO2)N1CCC[C@H](c2nc3ccccc3s2)C1. The quantitative estimate of drug-likeness (QED) is 0.672. The number of thiazole rings is 1. The third-order valence-corrected chi connectivity index (χ3v) is 6.36. The fourth-order valence-corrected chi connectivity index (χ4v) is 4.88. The van der Waals surface area contributed by atoms with Crippen LogP contribution in [-0.4, -0.2) is 42.1 Å². The van der Waals surface area contributed by atoms with E-state index in [1.807, 2.05) is 29.2 Å². The maximum atomic E-state index is 13.0. The fourth-order valence-electron chi connectivity index (χ4n) is 3.79. The number of hydrogen-bond donors (Lipinski definition) is 0. The number of para-hydroxylation sites is 1. The van der Waals surface area contributed by atoms with E-state index in [9.17, 15) is 4.79 Å². The first-order chi connectivity index (χ1) is 13.3. The van der Waals surface area contributed by atoms with Crippen LogP contribution in [0.15, 0.2) is 42.5 Å². The highest BCUT2D eigenvalue weighted by Gasteiger charge is 2.28. The Balaban J connectivity index is 1.36. The molecule has 1 atom stereocenters. The van der Waals surface area contributed by atoms with Crippen LogP contribution in [-0.2, 0) is 0 Å². The van der Waals surface area contributed by atoms with Gasteiger partial charge in [-0.2, -0.15) is 0 Å². The van der Waals surface area contributed by atoms with Crippen molar-refractivity contribution in [3.8, 4) is 11.5 Å². The van der Waals surface area contributed by atoms with Gasteiger partial charge in [-0.05, 0) is 43.2 Å². The standard InChI is InChI=1S/C21H20N2O3S/c24-21(14-7-8-17-18(12-14)26-11-10-25-17)23-9-3-4-15(13-23)20-22-16-5-1-2-6-19(16)27-20/h1-2,5-8,12,15H,3-4,9-11,13H2/t15-/m0/s1. The van der Waals surface area contributed by atoms with Gasteiger partial charge in [0.25, 0.3) is 5.91 Å². The number of hydrogen-bond acceptors (Lipinski definition) is 5. The van der Waals surface area contributed by atoms with Crippen molar-refractivity contribution < 1.29 is 14.3 Å². The molecule has 2 aliphatic heterocycles. The van der Waals surface area contributed by atoms with Crippen molar-refractivity contribution in [2.24, 2.45) is 0 Å². The highest BCUT2D eigenvalue weighted by atomic mass is 32.1. The number of rotatable bonds is 2. The van der Waals surface area contributed by atoms with Gasteiger partial charge in [0.1, 0.15) is 13.2 Å². The lowest BCUT2D eigenvalue weighted by Crippen LogP contribution is -2.39. The third-order valence-electron chi connectivity index (χ3n) is 5.16. The summed E-state index contributed by atoms with van der Waals surface area (Å²) in [6.07, 6.45) is 2.07. The van der Waals surface area contributed by atoms with Crippen LogP contribution < -0.4 is 9.47 Å². The first-order valence-electron chi connectivity index (χ1n) is 9.32. The van der Waals surface area contributed by atoms with Gasteiger partial charge in [-0.1, -0.05) is 12.1 Å². The molecule has 1 saturated heterocycles. The molecule has 138 valence electrons. The summed E-state index contributed by atoms with van der Waals surface area (Å²) in [5.74, 6) is 1.73. The second kappa shape index (κ2) is 6.85. The Morgan fingerprint density at radius 3 is 2.85 bits per heavy atom. The van der Waals surface area contributed by atoms with Gasteiger partial charge in [0.2, 0.25) is 0 Å². The van der Waals surface area contributed by atoms with E-state index < -0.39 is 0 Å². The molecule has 6 heteroatoms. The second-order valence-electron chi connectivity index (χ2n) is 6.97. The van der Waals surface area contributed by atoms with Crippen molar-refractivity contribution in [2.75, 3.05) is 26.3 Å². The van der Waals surface area contributed by atoms with E-state index in [0.29, 0.717) is 42.7 Å². The van der Waals surface area contributed by atoms with Gasteiger partial charge in [0.15, 0.2) is 11.5 Å². The summed E-state index contributed by atoms with van der Waals surface area (Å²) in [4.78, 5) is 19.8. The van der Waals surface area contributed by atoms with Crippen molar-refractivity contribution in [1.29, 1.82) is 0 Å². The van der Waals surface area contributed by atoms with E-state index in [1.165, 1.54) is 4.70 Å². The average molecular weight is 380 g/mol. The highest BCUT2D eigenvalue weighted by molar-refractivity contribution is 7.18. The molecule has 3 aromatic rings. The van der Waals surface area contributed by atoms with E-state index in [2.05, 4.69) is 12.1 Å². The molecule has 2 aromatic carbocycles. The zero-order valence-corrected chi connectivity index (χ0v) is 15.7. The Kier molecular flexibility index (Phi) is 4.20. The Bertz CT molecular complexity index is 967.